The maximum atomic E-state index is 14.0. The summed E-state index contributed by atoms with van der Waals surface area (Å²) in [6.45, 7) is 0. The molecule has 9 rings (SSSR count). The van der Waals surface area contributed by atoms with Crippen molar-refractivity contribution in [3.8, 4) is 0 Å². The van der Waals surface area contributed by atoms with E-state index >= 15 is 0 Å². The summed E-state index contributed by atoms with van der Waals surface area (Å²) in [5.41, 5.74) is 0.105. The van der Waals surface area contributed by atoms with Crippen LogP contribution in [0.2, 0.25) is 0 Å². The van der Waals surface area contributed by atoms with Crippen LogP contribution >= 0.6 is 0 Å². The zero-order valence-corrected chi connectivity index (χ0v) is 20.2. The Labute approximate surface area is 215 Å². The molecule has 0 radical (unpaired) electrons. The molecule has 38 heavy (non-hydrogen) atoms. The zero-order valence-electron chi connectivity index (χ0n) is 20.2. The minimum absolute atomic E-state index is 0.0524. The SMILES string of the molecule is O=c1c2ccc3ccccc3c2c2c3cccc4c(=O)c5ccc6ccccc6c5c(c5cccc1c52)c43. The second kappa shape index (κ2) is 6.81. The van der Waals surface area contributed by atoms with Crippen LogP contribution in [0.15, 0.2) is 119 Å². The van der Waals surface area contributed by atoms with E-state index in [0.717, 1.165) is 86.2 Å². The van der Waals surface area contributed by atoms with Gasteiger partial charge in [0, 0.05) is 43.1 Å². The van der Waals surface area contributed by atoms with Crippen molar-refractivity contribution in [3.05, 3.63) is 130 Å². The molecule has 0 bridgehead atoms. The van der Waals surface area contributed by atoms with E-state index in [-0.39, 0.29) is 10.9 Å². The molecule has 0 unspecified atom stereocenters. The number of hydrogen-bond donors (Lipinski definition) is 0. The van der Waals surface area contributed by atoms with Gasteiger partial charge in [-0.15, -0.1) is 0 Å². The quantitative estimate of drug-likeness (QED) is 0.160. The largest absolute Gasteiger partial charge is 0.289 e. The third kappa shape index (κ3) is 2.25. The number of hydrogen-bond acceptors (Lipinski definition) is 2. The van der Waals surface area contributed by atoms with Gasteiger partial charge < -0.3 is 0 Å². The standard InChI is InChI=1S/C36H18O2/c37-35-25-13-6-12-24-31(25)33(29-21-9-3-1-7-19(21)15-17-27(29)35)23-11-5-14-26-32(23)34(24)30-22-10-4-2-8-20(22)16-18-28(30)36(26)38/h1-18H. The van der Waals surface area contributed by atoms with Crippen molar-refractivity contribution in [1.29, 1.82) is 0 Å². The number of benzene rings is 9. The molecule has 0 aliphatic carbocycles. The van der Waals surface area contributed by atoms with Gasteiger partial charge in [0.05, 0.1) is 0 Å². The lowest BCUT2D eigenvalue weighted by Gasteiger charge is -2.19. The van der Waals surface area contributed by atoms with E-state index in [1.165, 1.54) is 0 Å². The van der Waals surface area contributed by atoms with Crippen molar-refractivity contribution in [1.82, 2.24) is 0 Å². The first-order valence-electron chi connectivity index (χ1n) is 12.9. The Morgan fingerprint density at radius 3 is 1.08 bits per heavy atom. The molecule has 0 spiro atoms. The van der Waals surface area contributed by atoms with Crippen LogP contribution in [0, 0.1) is 0 Å². The predicted molar refractivity (Wildman–Crippen MR) is 161 cm³/mol. The third-order valence-electron chi connectivity index (χ3n) is 8.50. The van der Waals surface area contributed by atoms with Crippen LogP contribution in [0.1, 0.15) is 0 Å². The second-order valence-corrected chi connectivity index (χ2v) is 10.3. The number of fused-ring (bicyclic) bond motifs is 10. The van der Waals surface area contributed by atoms with E-state index < -0.39 is 0 Å². The van der Waals surface area contributed by atoms with Gasteiger partial charge in [0.15, 0.2) is 10.9 Å². The molecule has 174 valence electrons. The molecule has 0 aromatic heterocycles. The molecule has 2 nitrogen and oxygen atoms in total. The third-order valence-corrected chi connectivity index (χ3v) is 8.50. The molecule has 0 fully saturated rings. The van der Waals surface area contributed by atoms with Crippen LogP contribution in [0.5, 0.6) is 0 Å². The van der Waals surface area contributed by atoms with Crippen molar-refractivity contribution in [2.24, 2.45) is 0 Å². The lowest BCUT2D eigenvalue weighted by atomic mass is 9.83. The fourth-order valence-corrected chi connectivity index (χ4v) is 6.98. The molecular formula is C36H18O2. The Bertz CT molecular complexity index is 2410. The van der Waals surface area contributed by atoms with Crippen molar-refractivity contribution in [2.75, 3.05) is 0 Å². The fourth-order valence-electron chi connectivity index (χ4n) is 6.98. The van der Waals surface area contributed by atoms with Crippen molar-refractivity contribution in [3.63, 3.8) is 0 Å². The van der Waals surface area contributed by atoms with Gasteiger partial charge in [0.25, 0.3) is 0 Å². The van der Waals surface area contributed by atoms with Crippen LogP contribution in [0.4, 0.5) is 0 Å². The second-order valence-electron chi connectivity index (χ2n) is 10.3. The van der Waals surface area contributed by atoms with Gasteiger partial charge in [-0.1, -0.05) is 97.1 Å². The van der Waals surface area contributed by atoms with Crippen molar-refractivity contribution < 1.29 is 0 Å². The molecule has 0 aliphatic heterocycles. The monoisotopic (exact) mass is 482 g/mol. The fraction of sp³-hybridized carbons (Fsp3) is 0. The van der Waals surface area contributed by atoms with Crippen LogP contribution in [0.3, 0.4) is 0 Å². The van der Waals surface area contributed by atoms with Gasteiger partial charge in [-0.25, -0.2) is 0 Å². The summed E-state index contributed by atoms with van der Waals surface area (Å²) >= 11 is 0. The van der Waals surface area contributed by atoms with Crippen LogP contribution in [-0.4, -0.2) is 0 Å². The van der Waals surface area contributed by atoms with Gasteiger partial charge in [-0.3, -0.25) is 9.59 Å². The lowest BCUT2D eigenvalue weighted by molar-refractivity contribution is 1.73. The summed E-state index contributed by atoms with van der Waals surface area (Å²) < 4.78 is 0. The predicted octanol–water partition coefficient (Wildman–Crippen LogP) is 8.51. The van der Waals surface area contributed by atoms with E-state index in [9.17, 15) is 9.59 Å². The minimum Gasteiger partial charge on any atom is -0.289 e. The highest BCUT2D eigenvalue weighted by Gasteiger charge is 2.22. The summed E-state index contributed by atoms with van der Waals surface area (Å²) in [5.74, 6) is 0. The van der Waals surface area contributed by atoms with E-state index in [4.69, 9.17) is 0 Å². The highest BCUT2D eigenvalue weighted by Crippen LogP contribution is 2.46. The highest BCUT2D eigenvalue weighted by atomic mass is 16.1. The smallest absolute Gasteiger partial charge is 0.194 e. The average Bonchev–Trinajstić information content (AvgIpc) is 2.97. The molecular weight excluding hydrogens is 464 g/mol. The lowest BCUT2D eigenvalue weighted by Crippen LogP contribution is -2.07. The summed E-state index contributed by atoms with van der Waals surface area (Å²) in [4.78, 5) is 28.0. The first-order chi connectivity index (χ1) is 18.7. The van der Waals surface area contributed by atoms with E-state index in [1.807, 2.05) is 72.8 Å². The van der Waals surface area contributed by atoms with Crippen LogP contribution in [-0.2, 0) is 0 Å². The van der Waals surface area contributed by atoms with Crippen LogP contribution < -0.4 is 10.9 Å². The van der Waals surface area contributed by atoms with Crippen molar-refractivity contribution >= 4 is 86.2 Å². The molecule has 0 saturated heterocycles. The van der Waals surface area contributed by atoms with Gasteiger partial charge in [0.2, 0.25) is 0 Å². The molecule has 2 heteroatoms. The van der Waals surface area contributed by atoms with Gasteiger partial charge >= 0.3 is 0 Å². The first-order valence-corrected chi connectivity index (χ1v) is 12.9. The van der Waals surface area contributed by atoms with Gasteiger partial charge in [-0.2, -0.15) is 0 Å². The highest BCUT2D eigenvalue weighted by molar-refractivity contribution is 6.44. The maximum Gasteiger partial charge on any atom is 0.194 e. The summed E-state index contributed by atoms with van der Waals surface area (Å²) in [7, 11) is 0. The molecule has 0 aliphatic rings. The van der Waals surface area contributed by atoms with E-state index in [1.54, 1.807) is 0 Å². The van der Waals surface area contributed by atoms with Crippen molar-refractivity contribution in [2.45, 2.75) is 0 Å². The Balaban J connectivity index is 1.77. The maximum absolute atomic E-state index is 14.0. The van der Waals surface area contributed by atoms with Crippen LogP contribution in [0.25, 0.3) is 86.2 Å². The van der Waals surface area contributed by atoms with E-state index in [0.29, 0.717) is 0 Å². The minimum atomic E-state index is 0.0524. The first kappa shape index (κ1) is 20.0. The molecule has 0 heterocycles. The van der Waals surface area contributed by atoms with Gasteiger partial charge in [0.1, 0.15) is 0 Å². The topological polar surface area (TPSA) is 34.1 Å². The molecule has 9 aromatic carbocycles. The summed E-state index contributed by atoms with van der Waals surface area (Å²) in [5, 5.41) is 15.3. The van der Waals surface area contributed by atoms with Gasteiger partial charge in [-0.05, 0) is 55.2 Å². The molecule has 9 aromatic rings. The average molecular weight is 483 g/mol. The summed E-state index contributed by atoms with van der Waals surface area (Å²) in [6.07, 6.45) is 0. The Morgan fingerprint density at radius 1 is 0.263 bits per heavy atom. The Kier molecular flexibility index (Phi) is 3.59. The molecule has 0 saturated carbocycles. The Morgan fingerprint density at radius 2 is 0.605 bits per heavy atom. The van der Waals surface area contributed by atoms with E-state index in [2.05, 4.69) is 36.4 Å². The normalized spacial score (nSPS) is 12.4. The molecule has 0 amide bonds. The summed E-state index contributed by atoms with van der Waals surface area (Å²) in [6, 6.07) is 36.6. The molecule has 0 N–H and O–H groups in total. The Hall–Kier alpha value is -5.08. The zero-order chi connectivity index (χ0) is 25.1. The molecule has 0 atom stereocenters. The number of rotatable bonds is 0.